The highest BCUT2D eigenvalue weighted by atomic mass is 16.7. The van der Waals surface area contributed by atoms with Crippen LogP contribution in [0.15, 0.2) is 48.7 Å². The molecule has 0 spiro atoms. The highest BCUT2D eigenvalue weighted by molar-refractivity contribution is 6.06. The molecular weight excluding hydrogens is 320 g/mol. The summed E-state index contributed by atoms with van der Waals surface area (Å²) in [5.74, 6) is -0.303. The van der Waals surface area contributed by atoms with Crippen LogP contribution in [0.1, 0.15) is 28.6 Å². The largest absolute Gasteiger partial charge is 0.506 e. The van der Waals surface area contributed by atoms with Crippen LogP contribution in [0, 0.1) is 0 Å². The second kappa shape index (κ2) is 6.58. The number of aromatic amines is 1. The molecule has 1 amide bonds. The molecule has 6 heteroatoms. The summed E-state index contributed by atoms with van der Waals surface area (Å²) in [5.41, 5.74) is 2.47. The zero-order chi connectivity index (χ0) is 17.2. The van der Waals surface area contributed by atoms with E-state index in [9.17, 15) is 9.90 Å². The van der Waals surface area contributed by atoms with Gasteiger partial charge >= 0.3 is 0 Å². The Balaban J connectivity index is 1.57. The van der Waals surface area contributed by atoms with Crippen molar-refractivity contribution in [3.8, 4) is 5.75 Å². The number of fused-ring (bicyclic) bond motifs is 1. The quantitative estimate of drug-likeness (QED) is 0.638. The van der Waals surface area contributed by atoms with Gasteiger partial charge in [-0.2, -0.15) is 0 Å². The number of phenolic OH excluding ortho intramolecular Hbond substituents is 1. The van der Waals surface area contributed by atoms with E-state index in [4.69, 9.17) is 9.47 Å². The number of benzene rings is 2. The molecule has 128 valence electrons. The van der Waals surface area contributed by atoms with Crippen molar-refractivity contribution in [1.82, 2.24) is 4.98 Å². The molecule has 0 radical (unpaired) electrons. The number of hydrogen-bond acceptors (Lipinski definition) is 4. The molecule has 3 aromatic rings. The van der Waals surface area contributed by atoms with Crippen LogP contribution in [0.3, 0.4) is 0 Å². The number of phenols is 1. The van der Waals surface area contributed by atoms with E-state index >= 15 is 0 Å². The minimum atomic E-state index is -0.472. The number of anilines is 1. The van der Waals surface area contributed by atoms with Gasteiger partial charge in [0.2, 0.25) is 0 Å². The average molecular weight is 338 g/mol. The summed E-state index contributed by atoms with van der Waals surface area (Å²) in [6, 6.07) is 12.3. The Morgan fingerprint density at radius 3 is 2.80 bits per heavy atom. The Morgan fingerprint density at radius 2 is 1.96 bits per heavy atom. The molecule has 0 atom stereocenters. The number of H-pyrrole nitrogens is 1. The van der Waals surface area contributed by atoms with Gasteiger partial charge in [0, 0.05) is 22.8 Å². The average Bonchev–Trinajstić information content (AvgIpc) is 3.12. The molecular formula is C19H18N2O4. The van der Waals surface area contributed by atoms with Gasteiger partial charge in [-0.15, -0.1) is 0 Å². The fourth-order valence-corrected chi connectivity index (χ4v) is 2.86. The number of carbonyl (C=O) groups is 1. The van der Waals surface area contributed by atoms with Crippen LogP contribution < -0.4 is 5.32 Å². The van der Waals surface area contributed by atoms with Crippen LogP contribution in [-0.4, -0.2) is 29.2 Å². The summed E-state index contributed by atoms with van der Waals surface area (Å²) >= 11 is 0. The van der Waals surface area contributed by atoms with Crippen molar-refractivity contribution in [2.75, 3.05) is 18.5 Å². The minimum Gasteiger partial charge on any atom is -0.506 e. The molecule has 25 heavy (non-hydrogen) atoms. The topological polar surface area (TPSA) is 83.6 Å². The van der Waals surface area contributed by atoms with Gasteiger partial charge in [0.1, 0.15) is 5.75 Å². The predicted molar refractivity (Wildman–Crippen MR) is 93.6 cm³/mol. The molecule has 0 bridgehead atoms. The van der Waals surface area contributed by atoms with Gasteiger partial charge in [-0.05, 0) is 42.1 Å². The third kappa shape index (κ3) is 3.22. The lowest BCUT2D eigenvalue weighted by Gasteiger charge is -2.24. The van der Waals surface area contributed by atoms with Gasteiger partial charge in [0.15, 0.2) is 6.29 Å². The number of ether oxygens (including phenoxy) is 2. The first-order valence-corrected chi connectivity index (χ1v) is 8.15. The van der Waals surface area contributed by atoms with Crippen molar-refractivity contribution in [3.05, 3.63) is 59.8 Å². The number of nitrogens with one attached hydrogen (secondary N) is 2. The second-order valence-electron chi connectivity index (χ2n) is 5.94. The van der Waals surface area contributed by atoms with E-state index in [2.05, 4.69) is 10.3 Å². The Kier molecular flexibility index (Phi) is 4.13. The zero-order valence-electron chi connectivity index (χ0n) is 13.5. The van der Waals surface area contributed by atoms with Gasteiger partial charge in [0.05, 0.1) is 18.9 Å². The van der Waals surface area contributed by atoms with Crippen LogP contribution in [0.25, 0.3) is 10.9 Å². The maximum atomic E-state index is 12.5. The van der Waals surface area contributed by atoms with Crippen molar-refractivity contribution in [2.45, 2.75) is 12.7 Å². The van der Waals surface area contributed by atoms with E-state index in [1.54, 1.807) is 24.3 Å². The van der Waals surface area contributed by atoms with Crippen LogP contribution >= 0.6 is 0 Å². The van der Waals surface area contributed by atoms with Gasteiger partial charge in [0.25, 0.3) is 5.91 Å². The smallest absolute Gasteiger partial charge is 0.255 e. The fraction of sp³-hybridized carbons (Fsp3) is 0.211. The number of aromatic hydroxyl groups is 1. The normalized spacial score (nSPS) is 15.4. The molecule has 1 aliphatic heterocycles. The van der Waals surface area contributed by atoms with E-state index < -0.39 is 6.29 Å². The molecule has 0 unspecified atom stereocenters. The number of carbonyl (C=O) groups excluding carboxylic acids is 1. The third-order valence-corrected chi connectivity index (χ3v) is 4.19. The Bertz CT molecular complexity index is 913. The molecule has 3 N–H and O–H groups in total. The van der Waals surface area contributed by atoms with Crippen molar-refractivity contribution in [1.29, 1.82) is 0 Å². The first kappa shape index (κ1) is 15.7. The number of hydrogen-bond donors (Lipinski definition) is 3. The maximum Gasteiger partial charge on any atom is 0.255 e. The lowest BCUT2D eigenvalue weighted by Crippen LogP contribution is -2.18. The van der Waals surface area contributed by atoms with Crippen molar-refractivity contribution in [3.63, 3.8) is 0 Å². The Morgan fingerprint density at radius 1 is 1.12 bits per heavy atom. The summed E-state index contributed by atoms with van der Waals surface area (Å²) in [6.45, 7) is 1.26. The van der Waals surface area contributed by atoms with Crippen LogP contribution in [-0.2, 0) is 9.47 Å². The van der Waals surface area contributed by atoms with E-state index in [1.165, 1.54) is 6.07 Å². The molecule has 1 fully saturated rings. The third-order valence-electron chi connectivity index (χ3n) is 4.19. The van der Waals surface area contributed by atoms with E-state index in [0.717, 1.165) is 22.9 Å². The highest BCUT2D eigenvalue weighted by Crippen LogP contribution is 2.31. The van der Waals surface area contributed by atoms with E-state index in [-0.39, 0.29) is 11.7 Å². The molecule has 2 aromatic carbocycles. The highest BCUT2D eigenvalue weighted by Gasteiger charge is 2.19. The van der Waals surface area contributed by atoms with Crippen LogP contribution in [0.4, 0.5) is 5.69 Å². The summed E-state index contributed by atoms with van der Waals surface area (Å²) in [6.07, 6.45) is 2.21. The maximum absolute atomic E-state index is 12.5. The van der Waals surface area contributed by atoms with E-state index in [1.807, 2.05) is 18.3 Å². The van der Waals surface area contributed by atoms with Crippen molar-refractivity contribution >= 4 is 22.5 Å². The molecule has 4 rings (SSSR count). The SMILES string of the molecule is O=C(Nc1cc(C2OCCCO2)ccc1O)c1ccc2cc[nH]c2c1. The van der Waals surface area contributed by atoms with Gasteiger partial charge < -0.3 is 24.9 Å². The lowest BCUT2D eigenvalue weighted by molar-refractivity contribution is -0.183. The summed E-state index contributed by atoms with van der Waals surface area (Å²) in [7, 11) is 0. The summed E-state index contributed by atoms with van der Waals surface area (Å²) in [4.78, 5) is 15.6. The molecule has 1 aromatic heterocycles. The molecule has 2 heterocycles. The number of aromatic nitrogens is 1. The Hall–Kier alpha value is -2.83. The molecule has 0 aliphatic carbocycles. The molecule has 6 nitrogen and oxygen atoms in total. The van der Waals surface area contributed by atoms with E-state index in [0.29, 0.717) is 24.5 Å². The minimum absolute atomic E-state index is 0.00568. The van der Waals surface area contributed by atoms with Crippen molar-refractivity contribution < 1.29 is 19.4 Å². The number of amides is 1. The van der Waals surface area contributed by atoms with Gasteiger partial charge in [-0.1, -0.05) is 12.1 Å². The fourth-order valence-electron chi connectivity index (χ4n) is 2.86. The van der Waals surface area contributed by atoms with Gasteiger partial charge in [-0.25, -0.2) is 0 Å². The predicted octanol–water partition coefficient (Wildman–Crippen LogP) is 3.56. The first-order valence-electron chi connectivity index (χ1n) is 8.15. The standard InChI is InChI=1S/C19H18N2O4/c22-17-5-4-14(19-24-8-1-9-25-19)11-16(17)21-18(23)13-3-2-12-6-7-20-15(12)10-13/h2-7,10-11,19-20,22H,1,8-9H2,(H,21,23). The summed E-state index contributed by atoms with van der Waals surface area (Å²) < 4.78 is 11.1. The second-order valence-corrected chi connectivity index (χ2v) is 5.94. The Labute approximate surface area is 144 Å². The zero-order valence-corrected chi connectivity index (χ0v) is 13.5. The van der Waals surface area contributed by atoms with Crippen LogP contribution in [0.2, 0.25) is 0 Å². The molecule has 1 saturated heterocycles. The molecule has 1 aliphatic rings. The van der Waals surface area contributed by atoms with Gasteiger partial charge in [-0.3, -0.25) is 4.79 Å². The first-order chi connectivity index (χ1) is 12.2. The lowest BCUT2D eigenvalue weighted by atomic mass is 10.1. The summed E-state index contributed by atoms with van der Waals surface area (Å²) in [5, 5.41) is 13.8. The van der Waals surface area contributed by atoms with Crippen LogP contribution in [0.5, 0.6) is 5.75 Å². The molecule has 0 saturated carbocycles. The van der Waals surface area contributed by atoms with Crippen molar-refractivity contribution in [2.24, 2.45) is 0 Å². The number of rotatable bonds is 3. The monoisotopic (exact) mass is 338 g/mol.